The van der Waals surface area contributed by atoms with Crippen molar-refractivity contribution in [1.29, 1.82) is 0 Å². The molecule has 5 heteroatoms. The minimum absolute atomic E-state index is 0.122. The molecule has 0 unspecified atom stereocenters. The smallest absolute Gasteiger partial charge is 0.119 e. The van der Waals surface area contributed by atoms with Crippen LogP contribution in [-0.2, 0) is 0 Å². The summed E-state index contributed by atoms with van der Waals surface area (Å²) in [6, 6.07) is 7.90. The second-order valence-corrected chi connectivity index (χ2v) is 7.04. The quantitative estimate of drug-likeness (QED) is 0.895. The molecule has 1 aliphatic carbocycles. The van der Waals surface area contributed by atoms with E-state index in [0.717, 1.165) is 56.3 Å². The van der Waals surface area contributed by atoms with Gasteiger partial charge in [0, 0.05) is 43.8 Å². The highest BCUT2D eigenvalue weighted by atomic mass is 35.5. The Balaban J connectivity index is 1.36. The summed E-state index contributed by atoms with van der Waals surface area (Å²) in [5.74, 6) is 0.873. The van der Waals surface area contributed by atoms with Crippen LogP contribution >= 0.6 is 11.6 Å². The van der Waals surface area contributed by atoms with Crippen LogP contribution in [0.1, 0.15) is 25.7 Å². The molecule has 1 N–H and O–H groups in total. The van der Waals surface area contributed by atoms with Crippen molar-refractivity contribution < 1.29 is 9.84 Å². The highest BCUT2D eigenvalue weighted by Gasteiger charge is 2.30. The summed E-state index contributed by atoms with van der Waals surface area (Å²) >= 11 is 5.87. The van der Waals surface area contributed by atoms with Gasteiger partial charge in [0.25, 0.3) is 0 Å². The molecule has 0 spiro atoms. The first kappa shape index (κ1) is 17.0. The van der Waals surface area contributed by atoms with Crippen LogP contribution in [0.5, 0.6) is 5.75 Å². The molecular formula is C18H27ClN2O2. The van der Waals surface area contributed by atoms with Crippen LogP contribution in [0.15, 0.2) is 24.3 Å². The maximum absolute atomic E-state index is 10.2. The lowest BCUT2D eigenvalue weighted by Gasteiger charge is -2.42. The molecule has 4 nitrogen and oxygen atoms in total. The Morgan fingerprint density at radius 2 is 1.74 bits per heavy atom. The zero-order valence-electron chi connectivity index (χ0n) is 13.7. The van der Waals surface area contributed by atoms with E-state index in [4.69, 9.17) is 16.3 Å². The van der Waals surface area contributed by atoms with Crippen molar-refractivity contribution in [2.45, 2.75) is 37.8 Å². The van der Waals surface area contributed by atoms with Gasteiger partial charge in [0.15, 0.2) is 0 Å². The maximum Gasteiger partial charge on any atom is 0.119 e. The zero-order chi connectivity index (χ0) is 16.1. The molecule has 3 rings (SSSR count). The van der Waals surface area contributed by atoms with Crippen LogP contribution in [-0.4, -0.2) is 66.4 Å². The van der Waals surface area contributed by atoms with Crippen LogP contribution in [0.4, 0.5) is 0 Å². The van der Waals surface area contributed by atoms with Crippen molar-refractivity contribution in [3.8, 4) is 5.75 Å². The molecule has 1 saturated heterocycles. The Morgan fingerprint density at radius 1 is 1.04 bits per heavy atom. The fourth-order valence-corrected chi connectivity index (χ4v) is 3.79. The molecule has 2 aliphatic rings. The van der Waals surface area contributed by atoms with Gasteiger partial charge >= 0.3 is 0 Å². The van der Waals surface area contributed by atoms with E-state index < -0.39 is 0 Å². The standard InChI is InChI=1S/C18H27ClN2O2/c19-15-5-7-16(8-6-15)23-14-13-20-9-11-21(12-10-20)17-3-1-2-4-18(17)22/h5-8,17-18,22H,1-4,9-14H2/t17-,18-/m0/s1. The number of hydrogen-bond donors (Lipinski definition) is 1. The lowest BCUT2D eigenvalue weighted by Crippen LogP contribution is -2.54. The Kier molecular flexibility index (Phi) is 6.17. The predicted octanol–water partition coefficient (Wildman–Crippen LogP) is 2.64. The third kappa shape index (κ3) is 4.83. The van der Waals surface area contributed by atoms with Gasteiger partial charge in [-0.15, -0.1) is 0 Å². The minimum atomic E-state index is -0.122. The van der Waals surface area contributed by atoms with Crippen molar-refractivity contribution in [1.82, 2.24) is 9.80 Å². The molecule has 2 atom stereocenters. The van der Waals surface area contributed by atoms with E-state index in [1.165, 1.54) is 12.8 Å². The summed E-state index contributed by atoms with van der Waals surface area (Å²) < 4.78 is 5.77. The van der Waals surface area contributed by atoms with E-state index in [2.05, 4.69) is 9.80 Å². The zero-order valence-corrected chi connectivity index (χ0v) is 14.4. The molecule has 1 saturated carbocycles. The van der Waals surface area contributed by atoms with E-state index in [0.29, 0.717) is 12.6 Å². The fraction of sp³-hybridized carbons (Fsp3) is 0.667. The first-order valence-corrected chi connectivity index (χ1v) is 9.13. The van der Waals surface area contributed by atoms with Gasteiger partial charge in [-0.05, 0) is 37.1 Å². The van der Waals surface area contributed by atoms with Gasteiger partial charge in [0.2, 0.25) is 0 Å². The molecule has 0 radical (unpaired) electrons. The maximum atomic E-state index is 10.2. The Labute approximate surface area is 144 Å². The van der Waals surface area contributed by atoms with E-state index in [-0.39, 0.29) is 6.10 Å². The van der Waals surface area contributed by atoms with E-state index >= 15 is 0 Å². The van der Waals surface area contributed by atoms with Gasteiger partial charge in [0.05, 0.1) is 6.10 Å². The lowest BCUT2D eigenvalue weighted by atomic mass is 9.91. The number of rotatable bonds is 5. The summed E-state index contributed by atoms with van der Waals surface area (Å²) in [7, 11) is 0. The fourth-order valence-electron chi connectivity index (χ4n) is 3.66. The van der Waals surface area contributed by atoms with Gasteiger partial charge < -0.3 is 9.84 Å². The molecule has 128 valence electrons. The van der Waals surface area contributed by atoms with Crippen molar-refractivity contribution in [3.05, 3.63) is 29.3 Å². The van der Waals surface area contributed by atoms with Gasteiger partial charge in [-0.3, -0.25) is 9.80 Å². The summed E-state index contributed by atoms with van der Waals surface area (Å²) in [5, 5.41) is 10.9. The SMILES string of the molecule is O[C@H]1CCCC[C@@H]1N1CCN(CCOc2ccc(Cl)cc2)CC1. The number of benzene rings is 1. The van der Waals surface area contributed by atoms with Crippen LogP contribution < -0.4 is 4.74 Å². The van der Waals surface area contributed by atoms with Gasteiger partial charge in [-0.25, -0.2) is 0 Å². The highest BCUT2D eigenvalue weighted by molar-refractivity contribution is 6.30. The first-order chi connectivity index (χ1) is 11.2. The topological polar surface area (TPSA) is 35.9 Å². The number of halogens is 1. The van der Waals surface area contributed by atoms with Gasteiger partial charge in [0.1, 0.15) is 12.4 Å². The van der Waals surface area contributed by atoms with Crippen molar-refractivity contribution >= 4 is 11.6 Å². The summed E-state index contributed by atoms with van der Waals surface area (Å²) in [6.45, 7) is 5.89. The molecule has 23 heavy (non-hydrogen) atoms. The lowest BCUT2D eigenvalue weighted by molar-refractivity contribution is -0.00497. The summed E-state index contributed by atoms with van der Waals surface area (Å²) in [4.78, 5) is 4.93. The van der Waals surface area contributed by atoms with Crippen molar-refractivity contribution in [3.63, 3.8) is 0 Å². The summed E-state index contributed by atoms with van der Waals surface area (Å²) in [6.07, 6.45) is 4.44. The number of aliphatic hydroxyl groups excluding tert-OH is 1. The van der Waals surface area contributed by atoms with E-state index in [1.54, 1.807) is 0 Å². The average molecular weight is 339 g/mol. The molecular weight excluding hydrogens is 312 g/mol. The van der Waals surface area contributed by atoms with Crippen LogP contribution in [0.25, 0.3) is 0 Å². The molecule has 0 aromatic heterocycles. The average Bonchev–Trinajstić information content (AvgIpc) is 2.58. The van der Waals surface area contributed by atoms with Crippen molar-refractivity contribution in [2.24, 2.45) is 0 Å². The number of hydrogen-bond acceptors (Lipinski definition) is 4. The molecule has 1 heterocycles. The highest BCUT2D eigenvalue weighted by Crippen LogP contribution is 2.24. The second kappa shape index (κ2) is 8.34. The number of aliphatic hydroxyl groups is 1. The molecule has 2 fully saturated rings. The normalized spacial score (nSPS) is 27.0. The van der Waals surface area contributed by atoms with Gasteiger partial charge in [-0.2, -0.15) is 0 Å². The molecule has 1 aromatic rings. The number of nitrogens with zero attached hydrogens (tertiary/aromatic N) is 2. The largest absolute Gasteiger partial charge is 0.492 e. The van der Waals surface area contributed by atoms with E-state index in [9.17, 15) is 5.11 Å². The van der Waals surface area contributed by atoms with Crippen LogP contribution in [0.3, 0.4) is 0 Å². The Bertz CT molecular complexity index is 474. The Morgan fingerprint density at radius 3 is 2.43 bits per heavy atom. The molecule has 1 aromatic carbocycles. The van der Waals surface area contributed by atoms with Crippen molar-refractivity contribution in [2.75, 3.05) is 39.3 Å². The van der Waals surface area contributed by atoms with E-state index in [1.807, 2.05) is 24.3 Å². The van der Waals surface area contributed by atoms with Crippen LogP contribution in [0, 0.1) is 0 Å². The van der Waals surface area contributed by atoms with Gasteiger partial charge in [-0.1, -0.05) is 24.4 Å². The number of ether oxygens (including phenoxy) is 1. The summed E-state index contributed by atoms with van der Waals surface area (Å²) in [5.41, 5.74) is 0. The number of piperazine rings is 1. The first-order valence-electron chi connectivity index (χ1n) is 8.75. The molecule has 0 bridgehead atoms. The predicted molar refractivity (Wildman–Crippen MR) is 93.2 cm³/mol. The monoisotopic (exact) mass is 338 g/mol. The van der Waals surface area contributed by atoms with Crippen LogP contribution in [0.2, 0.25) is 5.02 Å². The third-order valence-corrected chi connectivity index (χ3v) is 5.31. The molecule has 1 aliphatic heterocycles. The third-order valence-electron chi connectivity index (χ3n) is 5.06. The minimum Gasteiger partial charge on any atom is -0.492 e. The molecule has 0 amide bonds. The Hall–Kier alpha value is -0.810. The second-order valence-electron chi connectivity index (χ2n) is 6.60.